The minimum Gasteiger partial charge on any atom is -0.357 e. The predicted molar refractivity (Wildman–Crippen MR) is 104 cm³/mol. The van der Waals surface area contributed by atoms with Crippen LogP contribution in [0.25, 0.3) is 0 Å². The lowest BCUT2D eigenvalue weighted by Crippen LogP contribution is -2.54. The van der Waals surface area contributed by atoms with E-state index in [4.69, 9.17) is 0 Å². The topological polar surface area (TPSA) is 87.3 Å². The summed E-state index contributed by atoms with van der Waals surface area (Å²) in [5.41, 5.74) is 1.86. The zero-order valence-electron chi connectivity index (χ0n) is 15.6. The number of carbonyl (C=O) groups is 3. The van der Waals surface area contributed by atoms with Crippen LogP contribution < -0.4 is 16.0 Å². The van der Waals surface area contributed by atoms with Crippen molar-refractivity contribution in [1.29, 1.82) is 0 Å². The highest BCUT2D eigenvalue weighted by atomic mass is 16.2. The summed E-state index contributed by atoms with van der Waals surface area (Å²) in [4.78, 5) is 36.6. The molecule has 2 rings (SSSR count). The van der Waals surface area contributed by atoms with E-state index in [0.29, 0.717) is 12.8 Å². The largest absolute Gasteiger partial charge is 0.357 e. The lowest BCUT2D eigenvalue weighted by molar-refractivity contribution is -0.131. The Balaban J connectivity index is 2.13. The van der Waals surface area contributed by atoms with Gasteiger partial charge < -0.3 is 16.0 Å². The average Bonchev–Trinajstić information content (AvgIpc) is 2.67. The molecule has 3 amide bonds. The maximum atomic E-state index is 12.8. The molecular formula is C21H25N3O3. The second-order valence-electron chi connectivity index (χ2n) is 6.31. The monoisotopic (exact) mass is 367 g/mol. The van der Waals surface area contributed by atoms with Crippen molar-refractivity contribution < 1.29 is 14.4 Å². The summed E-state index contributed by atoms with van der Waals surface area (Å²) < 4.78 is 0. The fourth-order valence-corrected chi connectivity index (χ4v) is 2.81. The third-order valence-electron chi connectivity index (χ3n) is 4.14. The normalized spacial score (nSPS) is 12.5. The third-order valence-corrected chi connectivity index (χ3v) is 4.14. The van der Waals surface area contributed by atoms with E-state index in [0.717, 1.165) is 11.1 Å². The summed E-state index contributed by atoms with van der Waals surface area (Å²) in [6.45, 7) is 1.37. The van der Waals surface area contributed by atoms with E-state index >= 15 is 0 Å². The molecule has 0 spiro atoms. The summed E-state index contributed by atoms with van der Waals surface area (Å²) in [5.74, 6) is -0.974. The van der Waals surface area contributed by atoms with E-state index in [1.165, 1.54) is 14.0 Å². The van der Waals surface area contributed by atoms with Gasteiger partial charge in [0, 0.05) is 26.8 Å². The first-order valence-electron chi connectivity index (χ1n) is 8.86. The molecule has 0 aliphatic carbocycles. The fraction of sp³-hybridized carbons (Fsp3) is 0.286. The number of rotatable bonds is 8. The summed E-state index contributed by atoms with van der Waals surface area (Å²) in [6.07, 6.45) is 0.711. The minimum atomic E-state index is -0.757. The Morgan fingerprint density at radius 3 is 1.59 bits per heavy atom. The maximum absolute atomic E-state index is 12.8. The van der Waals surface area contributed by atoms with Crippen molar-refractivity contribution in [1.82, 2.24) is 16.0 Å². The van der Waals surface area contributed by atoms with Gasteiger partial charge in [0.2, 0.25) is 17.7 Å². The molecule has 0 saturated heterocycles. The first-order chi connectivity index (χ1) is 13.0. The van der Waals surface area contributed by atoms with Gasteiger partial charge in [0.15, 0.2) is 0 Å². The number of carbonyl (C=O) groups excluding carboxylic acids is 3. The van der Waals surface area contributed by atoms with Crippen molar-refractivity contribution in [3.63, 3.8) is 0 Å². The van der Waals surface area contributed by atoms with Gasteiger partial charge in [-0.15, -0.1) is 0 Å². The van der Waals surface area contributed by atoms with Gasteiger partial charge in [0.05, 0.1) is 0 Å². The maximum Gasteiger partial charge on any atom is 0.243 e. The van der Waals surface area contributed by atoms with Gasteiger partial charge >= 0.3 is 0 Å². The van der Waals surface area contributed by atoms with E-state index in [2.05, 4.69) is 16.0 Å². The Hall–Kier alpha value is -3.15. The standard InChI is InChI=1S/C21H25N3O3/c1-15(25)23-19(14-17-11-7-4-8-12-17)21(27)24-18(20(26)22-2)13-16-9-5-3-6-10-16/h3-12,18-19H,13-14H2,1-2H3,(H,22,26)(H,23,25)(H,24,27)/t18-,19+/m1/s1. The highest BCUT2D eigenvalue weighted by Gasteiger charge is 2.26. The quantitative estimate of drug-likeness (QED) is 0.655. The van der Waals surface area contributed by atoms with Gasteiger partial charge in [-0.2, -0.15) is 0 Å². The Kier molecular flexibility index (Phi) is 7.55. The lowest BCUT2D eigenvalue weighted by atomic mass is 10.0. The molecule has 0 aliphatic heterocycles. The van der Waals surface area contributed by atoms with Gasteiger partial charge in [0.1, 0.15) is 12.1 Å². The Morgan fingerprint density at radius 2 is 1.19 bits per heavy atom. The summed E-state index contributed by atoms with van der Waals surface area (Å²) in [7, 11) is 1.53. The molecule has 2 aromatic rings. The van der Waals surface area contributed by atoms with Crippen LogP contribution >= 0.6 is 0 Å². The molecule has 0 saturated carbocycles. The second-order valence-corrected chi connectivity index (χ2v) is 6.31. The van der Waals surface area contributed by atoms with Gasteiger partial charge in [0.25, 0.3) is 0 Å². The number of benzene rings is 2. The van der Waals surface area contributed by atoms with Crippen molar-refractivity contribution in [3.05, 3.63) is 71.8 Å². The SMILES string of the molecule is CNC(=O)[C@@H](Cc1ccccc1)NC(=O)[C@H](Cc1ccccc1)NC(C)=O. The molecule has 0 aliphatic rings. The van der Waals surface area contributed by atoms with E-state index in [1.54, 1.807) is 0 Å². The van der Waals surface area contributed by atoms with Crippen LogP contribution in [0.2, 0.25) is 0 Å². The van der Waals surface area contributed by atoms with Crippen LogP contribution in [0.5, 0.6) is 0 Å². The van der Waals surface area contributed by atoms with Crippen molar-refractivity contribution in [2.45, 2.75) is 31.8 Å². The van der Waals surface area contributed by atoms with Crippen LogP contribution in [0.3, 0.4) is 0 Å². The molecule has 0 bridgehead atoms. The van der Waals surface area contributed by atoms with Crippen LogP contribution in [0.1, 0.15) is 18.1 Å². The van der Waals surface area contributed by atoms with Crippen molar-refractivity contribution in [3.8, 4) is 0 Å². The summed E-state index contributed by atoms with van der Waals surface area (Å²) in [6, 6.07) is 17.4. The van der Waals surface area contributed by atoms with Crippen molar-refractivity contribution in [2.75, 3.05) is 7.05 Å². The number of hydrogen-bond acceptors (Lipinski definition) is 3. The molecule has 0 heterocycles. The first kappa shape index (κ1) is 20.2. The zero-order chi connectivity index (χ0) is 19.6. The highest BCUT2D eigenvalue weighted by molar-refractivity contribution is 5.92. The molecule has 2 aromatic carbocycles. The second kappa shape index (κ2) is 10.1. The number of nitrogens with one attached hydrogen (secondary N) is 3. The van der Waals surface area contributed by atoms with Crippen molar-refractivity contribution in [2.24, 2.45) is 0 Å². The third kappa shape index (κ3) is 6.58. The van der Waals surface area contributed by atoms with Crippen molar-refractivity contribution >= 4 is 17.7 Å². The van der Waals surface area contributed by atoms with E-state index < -0.39 is 18.0 Å². The molecule has 3 N–H and O–H groups in total. The molecule has 27 heavy (non-hydrogen) atoms. The van der Waals surface area contributed by atoms with Crippen LogP contribution in [0.15, 0.2) is 60.7 Å². The summed E-state index contributed by atoms with van der Waals surface area (Å²) in [5, 5.41) is 8.03. The van der Waals surface area contributed by atoms with Crippen LogP contribution in [0.4, 0.5) is 0 Å². The average molecular weight is 367 g/mol. The zero-order valence-corrected chi connectivity index (χ0v) is 15.6. The van der Waals surface area contributed by atoms with Crippen LogP contribution in [-0.2, 0) is 27.2 Å². The van der Waals surface area contributed by atoms with Crippen LogP contribution in [-0.4, -0.2) is 36.9 Å². The van der Waals surface area contributed by atoms with E-state index in [1.807, 2.05) is 60.7 Å². The van der Waals surface area contributed by atoms with Gasteiger partial charge in [-0.05, 0) is 11.1 Å². The first-order valence-corrected chi connectivity index (χ1v) is 8.86. The fourth-order valence-electron chi connectivity index (χ4n) is 2.81. The molecule has 0 radical (unpaired) electrons. The Morgan fingerprint density at radius 1 is 0.741 bits per heavy atom. The molecular weight excluding hydrogens is 342 g/mol. The molecule has 142 valence electrons. The molecule has 0 unspecified atom stereocenters. The molecule has 6 heteroatoms. The number of likely N-dealkylation sites (N-methyl/N-ethyl adjacent to an activating group) is 1. The van der Waals surface area contributed by atoms with E-state index in [9.17, 15) is 14.4 Å². The number of amides is 3. The summed E-state index contributed by atoms with van der Waals surface area (Å²) >= 11 is 0. The minimum absolute atomic E-state index is 0.284. The molecule has 0 fully saturated rings. The van der Waals surface area contributed by atoms with Gasteiger partial charge in [-0.3, -0.25) is 14.4 Å². The Bertz CT molecular complexity index is 763. The Labute approximate surface area is 159 Å². The predicted octanol–water partition coefficient (Wildman–Crippen LogP) is 1.21. The molecule has 0 aromatic heterocycles. The number of hydrogen-bond donors (Lipinski definition) is 3. The van der Waals surface area contributed by atoms with Gasteiger partial charge in [-0.25, -0.2) is 0 Å². The smallest absolute Gasteiger partial charge is 0.243 e. The van der Waals surface area contributed by atoms with Crippen LogP contribution in [0, 0.1) is 0 Å². The highest BCUT2D eigenvalue weighted by Crippen LogP contribution is 2.07. The van der Waals surface area contributed by atoms with Gasteiger partial charge in [-0.1, -0.05) is 60.7 Å². The molecule has 2 atom stereocenters. The lowest BCUT2D eigenvalue weighted by Gasteiger charge is -2.22. The van der Waals surface area contributed by atoms with E-state index in [-0.39, 0.29) is 11.8 Å². The molecule has 6 nitrogen and oxygen atoms in total.